The number of hydrogen-bond donors (Lipinski definition) is 0. The average molecular weight is 506 g/mol. The molecule has 2 aromatic carbocycles. The molecule has 3 heterocycles. The summed E-state index contributed by atoms with van der Waals surface area (Å²) in [5.41, 5.74) is 6.74. The summed E-state index contributed by atoms with van der Waals surface area (Å²) in [4.78, 5) is 10.1. The van der Waals surface area contributed by atoms with Gasteiger partial charge in [0.25, 0.3) is 0 Å². The van der Waals surface area contributed by atoms with Crippen molar-refractivity contribution in [3.8, 4) is 0 Å². The van der Waals surface area contributed by atoms with Crippen molar-refractivity contribution in [2.24, 2.45) is 0 Å². The minimum absolute atomic E-state index is 0.134. The summed E-state index contributed by atoms with van der Waals surface area (Å²) in [5.74, 6) is -0.134. The minimum atomic E-state index is -0.134. The summed E-state index contributed by atoms with van der Waals surface area (Å²) in [5, 5.41) is 1.42. The van der Waals surface area contributed by atoms with Crippen LogP contribution in [0.3, 0.4) is 0 Å². The fraction of sp³-hybridized carbons (Fsp3) is 0.548. The van der Waals surface area contributed by atoms with Gasteiger partial charge in [-0.2, -0.15) is 0 Å². The van der Waals surface area contributed by atoms with Crippen LogP contribution in [0.25, 0.3) is 10.9 Å². The van der Waals surface area contributed by atoms with E-state index in [0.717, 1.165) is 57.8 Å². The van der Waals surface area contributed by atoms with Gasteiger partial charge < -0.3 is 19.3 Å². The number of hydrogen-bond acceptors (Lipinski definition) is 4. The highest BCUT2D eigenvalue weighted by atomic mass is 19.1. The Kier molecular flexibility index (Phi) is 8.60. The molecule has 0 amide bonds. The van der Waals surface area contributed by atoms with Crippen LogP contribution in [0, 0.1) is 19.7 Å². The fourth-order valence-corrected chi connectivity index (χ4v) is 6.02. The lowest BCUT2D eigenvalue weighted by atomic mass is 10.1. The minimum Gasteiger partial charge on any atom is -0.345 e. The fourth-order valence-electron chi connectivity index (χ4n) is 6.02. The highest BCUT2D eigenvalue weighted by molar-refractivity contribution is 5.86. The molecular formula is C31H44FN5. The van der Waals surface area contributed by atoms with E-state index in [0.29, 0.717) is 0 Å². The Morgan fingerprint density at radius 3 is 2.19 bits per heavy atom. The number of aromatic nitrogens is 1. The number of halogens is 1. The van der Waals surface area contributed by atoms with Crippen LogP contribution < -0.4 is 0 Å². The number of aryl methyl sites for hydroxylation is 2. The monoisotopic (exact) mass is 505 g/mol. The van der Waals surface area contributed by atoms with E-state index in [1.807, 2.05) is 12.1 Å². The van der Waals surface area contributed by atoms with Crippen molar-refractivity contribution in [2.75, 3.05) is 72.5 Å². The molecule has 0 N–H and O–H groups in total. The topological polar surface area (TPSA) is 17.9 Å². The third-order valence-corrected chi connectivity index (χ3v) is 8.63. The number of likely N-dealkylation sites (N-methyl/N-ethyl adjacent to an activating group) is 1. The standard InChI is InChI=1S/C31H44FN5/c1-25-26(2)37(12-5-11-34-16-14-33(3)15-17-34)31-9-8-28(23-30(25)31)24-36-20-18-35(19-21-36)13-10-27-6-4-7-29(32)22-27/h4,6-9,22-23H,5,10-21,24H2,1-3H3. The first-order valence-electron chi connectivity index (χ1n) is 14.1. The van der Waals surface area contributed by atoms with E-state index in [1.54, 1.807) is 6.07 Å². The first kappa shape index (κ1) is 26.4. The highest BCUT2D eigenvalue weighted by Gasteiger charge is 2.18. The molecule has 6 heteroatoms. The van der Waals surface area contributed by atoms with Crippen LogP contribution in [-0.2, 0) is 19.5 Å². The predicted molar refractivity (Wildman–Crippen MR) is 152 cm³/mol. The maximum absolute atomic E-state index is 13.4. The molecule has 0 aliphatic carbocycles. The maximum Gasteiger partial charge on any atom is 0.123 e. The van der Waals surface area contributed by atoms with E-state index in [4.69, 9.17) is 0 Å². The number of benzene rings is 2. The lowest BCUT2D eigenvalue weighted by Gasteiger charge is -2.34. The van der Waals surface area contributed by atoms with Gasteiger partial charge in [-0.1, -0.05) is 18.2 Å². The molecule has 5 rings (SSSR count). The molecule has 2 aliphatic rings. The Bertz CT molecular complexity index is 1170. The van der Waals surface area contributed by atoms with Crippen LogP contribution >= 0.6 is 0 Å². The number of rotatable bonds is 9. The van der Waals surface area contributed by atoms with Gasteiger partial charge in [-0.15, -0.1) is 0 Å². The van der Waals surface area contributed by atoms with Gasteiger partial charge >= 0.3 is 0 Å². The maximum atomic E-state index is 13.4. The lowest BCUT2D eigenvalue weighted by molar-refractivity contribution is 0.128. The molecule has 1 aromatic heterocycles. The molecule has 3 aromatic rings. The normalized spacial score (nSPS) is 18.7. The van der Waals surface area contributed by atoms with Crippen LogP contribution in [0.1, 0.15) is 28.8 Å². The Hall–Kier alpha value is -2.25. The molecule has 0 bridgehead atoms. The van der Waals surface area contributed by atoms with Crippen molar-refractivity contribution in [1.29, 1.82) is 0 Å². The molecule has 0 atom stereocenters. The third kappa shape index (κ3) is 6.61. The molecular weight excluding hydrogens is 461 g/mol. The van der Waals surface area contributed by atoms with E-state index in [2.05, 4.69) is 63.3 Å². The van der Waals surface area contributed by atoms with Crippen LogP contribution in [0.15, 0.2) is 42.5 Å². The predicted octanol–water partition coefficient (Wildman–Crippen LogP) is 4.40. The Morgan fingerprint density at radius 1 is 0.730 bits per heavy atom. The zero-order valence-electron chi connectivity index (χ0n) is 23.1. The molecule has 0 radical (unpaired) electrons. The summed E-state index contributed by atoms with van der Waals surface area (Å²) in [7, 11) is 2.22. The molecule has 0 saturated carbocycles. The van der Waals surface area contributed by atoms with E-state index in [1.165, 1.54) is 72.9 Å². The second-order valence-corrected chi connectivity index (χ2v) is 11.2. The van der Waals surface area contributed by atoms with Crippen LogP contribution in [0.2, 0.25) is 0 Å². The average Bonchev–Trinajstić information content (AvgIpc) is 3.14. The van der Waals surface area contributed by atoms with Crippen molar-refractivity contribution in [3.05, 3.63) is 70.7 Å². The van der Waals surface area contributed by atoms with E-state index >= 15 is 0 Å². The second-order valence-electron chi connectivity index (χ2n) is 11.2. The Balaban J connectivity index is 1.13. The van der Waals surface area contributed by atoms with Gasteiger partial charge in [-0.3, -0.25) is 4.90 Å². The summed E-state index contributed by atoms with van der Waals surface area (Å²) >= 11 is 0. The van der Waals surface area contributed by atoms with Crippen LogP contribution in [-0.4, -0.2) is 96.7 Å². The van der Waals surface area contributed by atoms with Gasteiger partial charge in [-0.05, 0) is 81.2 Å². The SMILES string of the molecule is Cc1c(C)n(CCCN2CCN(C)CC2)c2ccc(CN3CCN(CCc4cccc(F)c4)CC3)cc12. The van der Waals surface area contributed by atoms with Crippen molar-refractivity contribution < 1.29 is 4.39 Å². The smallest absolute Gasteiger partial charge is 0.123 e. The quantitative estimate of drug-likeness (QED) is 0.429. The van der Waals surface area contributed by atoms with E-state index in [9.17, 15) is 4.39 Å². The summed E-state index contributed by atoms with van der Waals surface area (Å²) in [6, 6.07) is 14.2. The van der Waals surface area contributed by atoms with Gasteiger partial charge in [0, 0.05) is 88.6 Å². The van der Waals surface area contributed by atoms with E-state index in [-0.39, 0.29) is 5.82 Å². The molecule has 5 nitrogen and oxygen atoms in total. The van der Waals surface area contributed by atoms with Crippen molar-refractivity contribution in [1.82, 2.24) is 24.2 Å². The zero-order valence-corrected chi connectivity index (χ0v) is 23.1. The molecule has 0 unspecified atom stereocenters. The third-order valence-electron chi connectivity index (χ3n) is 8.63. The molecule has 0 spiro atoms. The van der Waals surface area contributed by atoms with Gasteiger partial charge in [0.05, 0.1) is 0 Å². The highest BCUT2D eigenvalue weighted by Crippen LogP contribution is 2.27. The van der Waals surface area contributed by atoms with E-state index < -0.39 is 0 Å². The van der Waals surface area contributed by atoms with Crippen LogP contribution in [0.4, 0.5) is 4.39 Å². The van der Waals surface area contributed by atoms with Crippen molar-refractivity contribution in [3.63, 3.8) is 0 Å². The van der Waals surface area contributed by atoms with Gasteiger partial charge in [-0.25, -0.2) is 4.39 Å². The first-order valence-corrected chi connectivity index (χ1v) is 14.1. The van der Waals surface area contributed by atoms with Crippen molar-refractivity contribution in [2.45, 2.75) is 39.8 Å². The number of piperazine rings is 2. The molecule has 2 saturated heterocycles. The molecule has 200 valence electrons. The van der Waals surface area contributed by atoms with Gasteiger partial charge in [0.15, 0.2) is 0 Å². The zero-order chi connectivity index (χ0) is 25.8. The summed E-state index contributed by atoms with van der Waals surface area (Å²) in [6.45, 7) is 18.0. The molecule has 37 heavy (non-hydrogen) atoms. The summed E-state index contributed by atoms with van der Waals surface area (Å²) < 4.78 is 16.0. The van der Waals surface area contributed by atoms with Gasteiger partial charge in [0.2, 0.25) is 0 Å². The van der Waals surface area contributed by atoms with Crippen LogP contribution in [0.5, 0.6) is 0 Å². The number of nitrogens with zero attached hydrogens (tertiary/aromatic N) is 5. The summed E-state index contributed by atoms with van der Waals surface area (Å²) in [6.07, 6.45) is 2.12. The largest absolute Gasteiger partial charge is 0.345 e. The first-order chi connectivity index (χ1) is 18.0. The molecule has 2 fully saturated rings. The Labute approximate surface area is 222 Å². The van der Waals surface area contributed by atoms with Gasteiger partial charge in [0.1, 0.15) is 5.82 Å². The van der Waals surface area contributed by atoms with Crippen molar-refractivity contribution >= 4 is 10.9 Å². The lowest BCUT2D eigenvalue weighted by Crippen LogP contribution is -2.46. The second kappa shape index (κ2) is 12.1. The number of fused-ring (bicyclic) bond motifs is 1. The molecule has 2 aliphatic heterocycles. The Morgan fingerprint density at radius 2 is 1.43 bits per heavy atom.